The van der Waals surface area contributed by atoms with Gasteiger partial charge in [-0.1, -0.05) is 36.4 Å². The van der Waals surface area contributed by atoms with Crippen molar-refractivity contribution in [3.8, 4) is 0 Å². The van der Waals surface area contributed by atoms with E-state index in [9.17, 15) is 4.79 Å². The SMILES string of the molecule is Cc1c(CN)ccc2c1C(C=O)OC(=NC=Cc1ccccc1)N2.Cl.Cl. The normalized spacial score (nSPS) is 16.7. The third-order valence-corrected chi connectivity index (χ3v) is 3.99. The van der Waals surface area contributed by atoms with E-state index in [-0.39, 0.29) is 24.8 Å². The lowest BCUT2D eigenvalue weighted by Crippen LogP contribution is -2.28. The molecule has 0 amide bonds. The Labute approximate surface area is 165 Å². The molecule has 138 valence electrons. The Morgan fingerprint density at radius 1 is 1.19 bits per heavy atom. The summed E-state index contributed by atoms with van der Waals surface area (Å²) in [6.07, 6.45) is 3.61. The molecule has 2 aromatic rings. The zero-order valence-corrected chi connectivity index (χ0v) is 15.8. The number of aldehydes is 1. The number of benzene rings is 2. The molecular weight excluding hydrogens is 373 g/mol. The van der Waals surface area contributed by atoms with E-state index >= 15 is 0 Å². The summed E-state index contributed by atoms with van der Waals surface area (Å²) in [6.45, 7) is 2.37. The highest BCUT2D eigenvalue weighted by atomic mass is 35.5. The fraction of sp³-hybridized carbons (Fsp3) is 0.158. The minimum Gasteiger partial charge on any atom is -0.449 e. The molecule has 3 rings (SSSR count). The van der Waals surface area contributed by atoms with Crippen LogP contribution in [0.15, 0.2) is 53.7 Å². The number of rotatable bonds is 4. The van der Waals surface area contributed by atoms with E-state index in [1.807, 2.05) is 55.5 Å². The number of hydrogen-bond acceptors (Lipinski definition) is 4. The van der Waals surface area contributed by atoms with Gasteiger partial charge in [0.1, 0.15) is 0 Å². The standard InChI is InChI=1S/C19H19N3O2.2ClH/c1-13-15(11-20)7-8-16-18(13)17(12-23)24-19(22-16)21-10-9-14-5-3-2-4-6-14;;/h2-10,12,17H,11,20H2,1H3,(H,21,22);2*1H. The molecule has 1 aliphatic heterocycles. The second-order valence-corrected chi connectivity index (χ2v) is 5.48. The molecule has 0 bridgehead atoms. The van der Waals surface area contributed by atoms with E-state index in [1.165, 1.54) is 0 Å². The predicted molar refractivity (Wildman–Crippen MR) is 110 cm³/mol. The van der Waals surface area contributed by atoms with Crippen molar-refractivity contribution in [2.45, 2.75) is 19.6 Å². The Bertz CT molecular complexity index is 808. The summed E-state index contributed by atoms with van der Waals surface area (Å²) in [5, 5.41) is 3.12. The van der Waals surface area contributed by atoms with Crippen LogP contribution in [0, 0.1) is 6.92 Å². The number of ether oxygens (including phenoxy) is 1. The van der Waals surface area contributed by atoms with Crippen molar-refractivity contribution in [3.63, 3.8) is 0 Å². The van der Waals surface area contributed by atoms with Gasteiger partial charge in [0, 0.05) is 24.0 Å². The Morgan fingerprint density at radius 2 is 1.92 bits per heavy atom. The lowest BCUT2D eigenvalue weighted by atomic mass is 9.96. The summed E-state index contributed by atoms with van der Waals surface area (Å²) in [5.41, 5.74) is 10.4. The van der Waals surface area contributed by atoms with Gasteiger partial charge in [-0.3, -0.25) is 4.79 Å². The molecule has 0 aliphatic carbocycles. The van der Waals surface area contributed by atoms with Gasteiger partial charge in [-0.25, -0.2) is 4.99 Å². The fourth-order valence-corrected chi connectivity index (χ4v) is 2.71. The topological polar surface area (TPSA) is 76.7 Å². The molecular formula is C19H21Cl2N3O2. The first-order valence-corrected chi connectivity index (χ1v) is 7.73. The first-order valence-electron chi connectivity index (χ1n) is 7.73. The predicted octanol–water partition coefficient (Wildman–Crippen LogP) is 4.01. The monoisotopic (exact) mass is 393 g/mol. The van der Waals surface area contributed by atoms with Gasteiger partial charge < -0.3 is 15.8 Å². The van der Waals surface area contributed by atoms with Crippen molar-refractivity contribution < 1.29 is 9.53 Å². The highest BCUT2D eigenvalue weighted by Gasteiger charge is 2.27. The number of halogens is 2. The number of carbonyl (C=O) groups is 1. The maximum absolute atomic E-state index is 11.5. The van der Waals surface area contributed by atoms with Gasteiger partial charge in [-0.2, -0.15) is 0 Å². The quantitative estimate of drug-likeness (QED) is 0.769. The van der Waals surface area contributed by atoms with Crippen LogP contribution in [0.2, 0.25) is 0 Å². The number of carbonyl (C=O) groups excluding carboxylic acids is 1. The van der Waals surface area contributed by atoms with Gasteiger partial charge in [-0.05, 0) is 35.8 Å². The van der Waals surface area contributed by atoms with Crippen molar-refractivity contribution in [1.82, 2.24) is 0 Å². The average molecular weight is 394 g/mol. The Hall–Kier alpha value is -2.34. The number of aliphatic imine (C=N–C) groups is 1. The van der Waals surface area contributed by atoms with Crippen molar-refractivity contribution >= 4 is 48.9 Å². The highest BCUT2D eigenvalue weighted by Crippen LogP contribution is 2.33. The minimum absolute atomic E-state index is 0. The summed E-state index contributed by atoms with van der Waals surface area (Å²) < 4.78 is 5.66. The number of hydrogen-bond donors (Lipinski definition) is 2. The molecule has 5 nitrogen and oxygen atoms in total. The van der Waals surface area contributed by atoms with Gasteiger partial charge in [0.15, 0.2) is 12.4 Å². The van der Waals surface area contributed by atoms with Gasteiger partial charge >= 0.3 is 0 Å². The van der Waals surface area contributed by atoms with Crippen LogP contribution in [-0.4, -0.2) is 12.3 Å². The smallest absolute Gasteiger partial charge is 0.294 e. The van der Waals surface area contributed by atoms with Crippen LogP contribution in [0.3, 0.4) is 0 Å². The van der Waals surface area contributed by atoms with E-state index in [2.05, 4.69) is 10.3 Å². The zero-order valence-electron chi connectivity index (χ0n) is 14.2. The molecule has 2 aromatic carbocycles. The number of nitrogens with two attached hydrogens (primary N) is 1. The number of nitrogens with zero attached hydrogens (tertiary/aromatic N) is 1. The summed E-state index contributed by atoms with van der Waals surface area (Å²) in [6, 6.07) is 14.0. The van der Waals surface area contributed by atoms with E-state index in [4.69, 9.17) is 10.5 Å². The molecule has 26 heavy (non-hydrogen) atoms. The molecule has 1 aliphatic rings. The molecule has 0 radical (unpaired) electrons. The minimum atomic E-state index is -0.684. The summed E-state index contributed by atoms with van der Waals surface area (Å²) in [4.78, 5) is 15.7. The maximum Gasteiger partial charge on any atom is 0.294 e. The Morgan fingerprint density at radius 3 is 2.58 bits per heavy atom. The van der Waals surface area contributed by atoms with Crippen LogP contribution < -0.4 is 11.1 Å². The number of fused-ring (bicyclic) bond motifs is 1. The van der Waals surface area contributed by atoms with Crippen molar-refractivity contribution in [3.05, 3.63) is 70.9 Å². The molecule has 0 aromatic heterocycles. The summed E-state index contributed by atoms with van der Waals surface area (Å²) in [5.74, 6) is 0. The third-order valence-electron chi connectivity index (χ3n) is 3.99. The van der Waals surface area contributed by atoms with Crippen molar-refractivity contribution in [2.24, 2.45) is 10.7 Å². The maximum atomic E-state index is 11.5. The lowest BCUT2D eigenvalue weighted by molar-refractivity contribution is -0.114. The number of amidine groups is 1. The van der Waals surface area contributed by atoms with Gasteiger partial charge in [-0.15, -0.1) is 24.8 Å². The third kappa shape index (κ3) is 4.64. The molecule has 1 heterocycles. The van der Waals surface area contributed by atoms with E-state index < -0.39 is 6.10 Å². The Kier molecular flexibility index (Phi) is 8.32. The molecule has 0 fully saturated rings. The van der Waals surface area contributed by atoms with Crippen LogP contribution in [0.25, 0.3) is 6.08 Å². The molecule has 3 N–H and O–H groups in total. The molecule has 0 saturated carbocycles. The fourth-order valence-electron chi connectivity index (χ4n) is 2.71. The molecule has 1 unspecified atom stereocenters. The second kappa shape index (κ2) is 9.97. The van der Waals surface area contributed by atoms with Crippen LogP contribution in [0.4, 0.5) is 5.69 Å². The molecule has 1 atom stereocenters. The van der Waals surface area contributed by atoms with Crippen LogP contribution in [0.1, 0.15) is 28.4 Å². The lowest BCUT2D eigenvalue weighted by Gasteiger charge is -2.27. The molecule has 7 heteroatoms. The Balaban J connectivity index is 0.00000169. The average Bonchev–Trinajstić information content (AvgIpc) is 2.62. The number of nitrogens with one attached hydrogen (secondary N) is 1. The van der Waals surface area contributed by atoms with Crippen LogP contribution in [0.5, 0.6) is 0 Å². The largest absolute Gasteiger partial charge is 0.449 e. The van der Waals surface area contributed by atoms with E-state index in [0.717, 1.165) is 34.2 Å². The highest BCUT2D eigenvalue weighted by molar-refractivity contribution is 5.95. The number of anilines is 1. The van der Waals surface area contributed by atoms with Gasteiger partial charge in [0.05, 0.1) is 0 Å². The summed E-state index contributed by atoms with van der Waals surface area (Å²) in [7, 11) is 0. The van der Waals surface area contributed by atoms with Crippen molar-refractivity contribution in [2.75, 3.05) is 5.32 Å². The van der Waals surface area contributed by atoms with E-state index in [0.29, 0.717) is 12.6 Å². The second-order valence-electron chi connectivity index (χ2n) is 5.48. The molecule has 0 saturated heterocycles. The van der Waals surface area contributed by atoms with Crippen LogP contribution in [-0.2, 0) is 16.1 Å². The zero-order chi connectivity index (χ0) is 16.9. The van der Waals surface area contributed by atoms with Crippen molar-refractivity contribution in [1.29, 1.82) is 0 Å². The molecule has 0 spiro atoms. The summed E-state index contributed by atoms with van der Waals surface area (Å²) >= 11 is 0. The first-order chi connectivity index (χ1) is 11.7. The van der Waals surface area contributed by atoms with E-state index in [1.54, 1.807) is 6.20 Å². The van der Waals surface area contributed by atoms with Crippen LogP contribution >= 0.6 is 24.8 Å². The first kappa shape index (κ1) is 21.7. The van der Waals surface area contributed by atoms with Gasteiger partial charge in [0.2, 0.25) is 0 Å². The van der Waals surface area contributed by atoms with Gasteiger partial charge in [0.25, 0.3) is 6.02 Å².